The Morgan fingerprint density at radius 1 is 1.33 bits per heavy atom. The van der Waals surface area contributed by atoms with Gasteiger partial charge in [0.25, 0.3) is 0 Å². The highest BCUT2D eigenvalue weighted by molar-refractivity contribution is 7.98. The number of hydrogen-bond acceptors (Lipinski definition) is 5. The lowest BCUT2D eigenvalue weighted by Crippen LogP contribution is -2.42. The molecule has 0 radical (unpaired) electrons. The summed E-state index contributed by atoms with van der Waals surface area (Å²) in [5.41, 5.74) is 0. The molecule has 0 aliphatic heterocycles. The van der Waals surface area contributed by atoms with Gasteiger partial charge in [-0.3, -0.25) is 0 Å². The number of hydrogen-bond donors (Lipinski definition) is 1. The Labute approximate surface area is 113 Å². The number of ether oxygens (including phenoxy) is 2. The summed E-state index contributed by atoms with van der Waals surface area (Å²) in [7, 11) is 1.27. The van der Waals surface area contributed by atoms with E-state index in [9.17, 15) is 9.59 Å². The number of methoxy groups -OCH3 is 1. The first-order valence-electron chi connectivity index (χ1n) is 6.15. The highest BCUT2D eigenvalue weighted by Crippen LogP contribution is 2.04. The number of thioether (sulfide) groups is 1. The maximum Gasteiger partial charge on any atom is 0.407 e. The van der Waals surface area contributed by atoms with E-state index in [0.29, 0.717) is 13.0 Å². The lowest BCUT2D eigenvalue weighted by Gasteiger charge is -2.16. The van der Waals surface area contributed by atoms with Gasteiger partial charge in [0.1, 0.15) is 6.04 Å². The molecule has 0 aromatic carbocycles. The van der Waals surface area contributed by atoms with E-state index in [1.165, 1.54) is 7.11 Å². The van der Waals surface area contributed by atoms with Crippen LogP contribution in [-0.4, -0.2) is 43.8 Å². The van der Waals surface area contributed by atoms with Crippen LogP contribution in [0.3, 0.4) is 0 Å². The minimum atomic E-state index is -0.619. The van der Waals surface area contributed by atoms with E-state index >= 15 is 0 Å². The van der Waals surface area contributed by atoms with Crippen molar-refractivity contribution >= 4 is 23.8 Å². The Balaban J connectivity index is 4.09. The summed E-state index contributed by atoms with van der Waals surface area (Å²) in [5.74, 6) is 0.393. The lowest BCUT2D eigenvalue weighted by molar-refractivity contribution is -0.146. The normalized spacial score (nSPS) is 11.7. The number of carbonyl (C=O) groups excluding carboxylic acids is 2. The van der Waals surface area contributed by atoms with Crippen molar-refractivity contribution in [2.75, 3.05) is 25.7 Å². The molecule has 0 heterocycles. The molecule has 0 bridgehead atoms. The van der Waals surface area contributed by atoms with Crippen LogP contribution in [0.1, 0.15) is 32.6 Å². The lowest BCUT2D eigenvalue weighted by atomic mass is 10.2. The molecule has 6 heteroatoms. The van der Waals surface area contributed by atoms with Crippen LogP contribution >= 0.6 is 11.8 Å². The van der Waals surface area contributed by atoms with Gasteiger partial charge in [0.2, 0.25) is 0 Å². The van der Waals surface area contributed by atoms with Gasteiger partial charge < -0.3 is 14.8 Å². The van der Waals surface area contributed by atoms with Gasteiger partial charge in [-0.15, -0.1) is 0 Å². The van der Waals surface area contributed by atoms with Crippen molar-refractivity contribution < 1.29 is 19.1 Å². The third kappa shape index (κ3) is 8.22. The molecule has 1 atom stereocenters. The van der Waals surface area contributed by atoms with Crippen LogP contribution in [0.5, 0.6) is 0 Å². The van der Waals surface area contributed by atoms with Crippen LogP contribution in [0.25, 0.3) is 0 Å². The van der Waals surface area contributed by atoms with Gasteiger partial charge in [-0.1, -0.05) is 19.8 Å². The molecule has 1 N–H and O–H groups in total. The third-order valence-corrected chi connectivity index (χ3v) is 3.01. The van der Waals surface area contributed by atoms with Gasteiger partial charge in [0, 0.05) is 0 Å². The van der Waals surface area contributed by atoms with E-state index < -0.39 is 12.1 Å². The minimum Gasteiger partial charge on any atom is -0.464 e. The maximum atomic E-state index is 11.8. The summed E-state index contributed by atoms with van der Waals surface area (Å²) < 4.78 is 9.62. The van der Waals surface area contributed by atoms with Crippen LogP contribution in [-0.2, 0) is 14.3 Å². The molecular formula is C12H23NO4S. The Kier molecular flexibility index (Phi) is 10.6. The molecule has 106 valence electrons. The van der Waals surface area contributed by atoms with Gasteiger partial charge in [-0.25, -0.2) is 9.59 Å². The number of rotatable bonds is 9. The van der Waals surface area contributed by atoms with Crippen molar-refractivity contribution in [3.05, 3.63) is 0 Å². The molecule has 1 amide bonds. The summed E-state index contributed by atoms with van der Waals surface area (Å²) in [6, 6.07) is -0.619. The molecule has 0 spiro atoms. The van der Waals surface area contributed by atoms with Gasteiger partial charge in [-0.2, -0.15) is 11.8 Å². The van der Waals surface area contributed by atoms with Crippen molar-refractivity contribution in [3.63, 3.8) is 0 Å². The second-order valence-corrected chi connectivity index (χ2v) is 4.83. The molecule has 0 unspecified atom stereocenters. The standard InChI is InChI=1S/C12H23NO4S/c1-4-5-6-8-17-11(14)10(7-9-18-3)13-12(15)16-2/h10H,4-9H2,1-3H3,(H,13,15)/t10-/m0/s1. The topological polar surface area (TPSA) is 64.6 Å². The smallest absolute Gasteiger partial charge is 0.407 e. The number of alkyl carbamates (subject to hydrolysis) is 1. The first kappa shape index (κ1) is 17.1. The predicted octanol–water partition coefficient (Wildman–Crippen LogP) is 2.20. The molecule has 0 saturated carbocycles. The largest absolute Gasteiger partial charge is 0.464 e. The maximum absolute atomic E-state index is 11.8. The molecule has 0 fully saturated rings. The first-order chi connectivity index (χ1) is 8.65. The van der Waals surface area contributed by atoms with Crippen LogP contribution in [0.2, 0.25) is 0 Å². The summed E-state index contributed by atoms with van der Waals surface area (Å²) in [6.07, 6.45) is 4.85. The van der Waals surface area contributed by atoms with E-state index in [1.807, 2.05) is 6.26 Å². The number of esters is 1. The van der Waals surface area contributed by atoms with Gasteiger partial charge in [-0.05, 0) is 24.9 Å². The van der Waals surface area contributed by atoms with Crippen molar-refractivity contribution in [1.29, 1.82) is 0 Å². The highest BCUT2D eigenvalue weighted by atomic mass is 32.2. The minimum absolute atomic E-state index is 0.384. The molecule has 0 aliphatic rings. The van der Waals surface area contributed by atoms with Crippen LogP contribution in [0.15, 0.2) is 0 Å². The Hall–Kier alpha value is -0.910. The van der Waals surface area contributed by atoms with Gasteiger partial charge >= 0.3 is 12.1 Å². The molecule has 18 heavy (non-hydrogen) atoms. The number of nitrogens with one attached hydrogen (secondary N) is 1. The average Bonchev–Trinajstić information content (AvgIpc) is 2.38. The van der Waals surface area contributed by atoms with Gasteiger partial charge in [0.05, 0.1) is 13.7 Å². The molecule has 0 aromatic rings. The quantitative estimate of drug-likeness (QED) is 0.517. The molecule has 5 nitrogen and oxygen atoms in total. The predicted molar refractivity (Wildman–Crippen MR) is 72.8 cm³/mol. The summed E-state index contributed by atoms with van der Waals surface area (Å²) in [5, 5.41) is 2.49. The van der Waals surface area contributed by atoms with E-state index in [0.717, 1.165) is 25.0 Å². The molecular weight excluding hydrogens is 254 g/mol. The molecule has 0 aliphatic carbocycles. The average molecular weight is 277 g/mol. The molecule has 0 rings (SSSR count). The van der Waals surface area contributed by atoms with E-state index in [4.69, 9.17) is 4.74 Å². The Morgan fingerprint density at radius 2 is 2.06 bits per heavy atom. The number of unbranched alkanes of at least 4 members (excludes halogenated alkanes) is 2. The van der Waals surface area contributed by atoms with Crippen molar-refractivity contribution in [2.24, 2.45) is 0 Å². The van der Waals surface area contributed by atoms with Crippen molar-refractivity contribution in [3.8, 4) is 0 Å². The fraction of sp³-hybridized carbons (Fsp3) is 0.833. The zero-order chi connectivity index (χ0) is 13.8. The highest BCUT2D eigenvalue weighted by Gasteiger charge is 2.21. The van der Waals surface area contributed by atoms with Crippen LogP contribution < -0.4 is 5.32 Å². The first-order valence-corrected chi connectivity index (χ1v) is 7.55. The van der Waals surface area contributed by atoms with Crippen molar-refractivity contribution in [2.45, 2.75) is 38.6 Å². The third-order valence-electron chi connectivity index (χ3n) is 2.36. The Bertz CT molecular complexity index is 248. The molecule has 0 aromatic heterocycles. The number of carbonyl (C=O) groups is 2. The fourth-order valence-electron chi connectivity index (χ4n) is 1.31. The second kappa shape index (κ2) is 11.2. The van der Waals surface area contributed by atoms with Crippen LogP contribution in [0.4, 0.5) is 4.79 Å². The van der Waals surface area contributed by atoms with Crippen LogP contribution in [0, 0.1) is 0 Å². The zero-order valence-corrected chi connectivity index (χ0v) is 12.2. The summed E-state index contributed by atoms with van der Waals surface area (Å²) in [6.45, 7) is 2.49. The van der Waals surface area contributed by atoms with E-state index in [1.54, 1.807) is 11.8 Å². The Morgan fingerprint density at radius 3 is 2.61 bits per heavy atom. The van der Waals surface area contributed by atoms with E-state index in [2.05, 4.69) is 17.0 Å². The number of amides is 1. The second-order valence-electron chi connectivity index (χ2n) is 3.84. The summed E-state index contributed by atoms with van der Waals surface area (Å²) >= 11 is 1.61. The summed E-state index contributed by atoms with van der Waals surface area (Å²) in [4.78, 5) is 22.9. The van der Waals surface area contributed by atoms with E-state index in [-0.39, 0.29) is 5.97 Å². The zero-order valence-electron chi connectivity index (χ0n) is 11.4. The van der Waals surface area contributed by atoms with Crippen molar-refractivity contribution in [1.82, 2.24) is 5.32 Å². The monoisotopic (exact) mass is 277 g/mol. The fourth-order valence-corrected chi connectivity index (χ4v) is 1.78. The molecule has 0 saturated heterocycles. The SMILES string of the molecule is CCCCCOC(=O)[C@H](CCSC)NC(=O)OC. The van der Waals surface area contributed by atoms with Gasteiger partial charge in [0.15, 0.2) is 0 Å².